The predicted molar refractivity (Wildman–Crippen MR) is 67.9 cm³/mol. The van der Waals surface area contributed by atoms with Crippen molar-refractivity contribution in [2.45, 2.75) is 25.4 Å². The van der Waals surface area contributed by atoms with E-state index in [1.807, 2.05) is 0 Å². The number of nitrogens with one attached hydrogen (secondary N) is 2. The van der Waals surface area contributed by atoms with Gasteiger partial charge in [0.15, 0.2) is 0 Å². The zero-order valence-corrected chi connectivity index (χ0v) is 9.99. The fourth-order valence-electron chi connectivity index (χ4n) is 2.54. The predicted octanol–water partition coefficient (Wildman–Crippen LogP) is 2.27. The number of aliphatic hydroxyl groups is 1. The first-order valence-corrected chi connectivity index (χ1v) is 6.28. The minimum absolute atomic E-state index is 0.151. The minimum atomic E-state index is -0.267. The fraction of sp³-hybridized carbons (Fsp3) is 0.462. The van der Waals surface area contributed by atoms with Gasteiger partial charge in [0.05, 0.1) is 17.1 Å². The number of aromatic nitrogens is 2. The number of aromatic amines is 1. The maximum Gasteiger partial charge on any atom is 0.201 e. The second kappa shape index (κ2) is 4.57. The van der Waals surface area contributed by atoms with Crippen molar-refractivity contribution in [3.05, 3.63) is 24.0 Å². The Bertz CT molecular complexity index is 554. The highest BCUT2D eigenvalue weighted by Crippen LogP contribution is 2.25. The molecule has 1 aromatic carbocycles. The first-order chi connectivity index (χ1) is 8.70. The molecule has 3 rings (SSSR count). The Morgan fingerprint density at radius 3 is 3.11 bits per heavy atom. The van der Waals surface area contributed by atoms with Crippen LogP contribution in [0.1, 0.15) is 19.3 Å². The third kappa shape index (κ3) is 2.31. The van der Waals surface area contributed by atoms with Gasteiger partial charge in [-0.1, -0.05) is 0 Å². The summed E-state index contributed by atoms with van der Waals surface area (Å²) < 4.78 is 13.0. The molecule has 0 bridgehead atoms. The lowest BCUT2D eigenvalue weighted by Crippen LogP contribution is -2.13. The quantitative estimate of drug-likeness (QED) is 0.782. The van der Waals surface area contributed by atoms with Crippen molar-refractivity contribution in [2.75, 3.05) is 11.9 Å². The number of hydrogen-bond acceptors (Lipinski definition) is 3. The minimum Gasteiger partial charge on any atom is -0.393 e. The van der Waals surface area contributed by atoms with E-state index in [0.717, 1.165) is 31.3 Å². The Morgan fingerprint density at radius 2 is 2.33 bits per heavy atom. The SMILES string of the molecule is OC1CCC(CNc2nc3ccc(F)cc3[nH]2)C1. The monoisotopic (exact) mass is 249 g/mol. The molecule has 0 aliphatic heterocycles. The molecule has 2 unspecified atom stereocenters. The molecule has 5 heteroatoms. The maximum absolute atomic E-state index is 13.0. The Labute approximate surface area is 104 Å². The molecule has 0 saturated heterocycles. The molecule has 0 spiro atoms. The number of aliphatic hydroxyl groups excluding tert-OH is 1. The Kier molecular flexibility index (Phi) is 2.91. The summed E-state index contributed by atoms with van der Waals surface area (Å²) in [6, 6.07) is 4.50. The van der Waals surface area contributed by atoms with Crippen LogP contribution in [0.25, 0.3) is 11.0 Å². The first-order valence-electron chi connectivity index (χ1n) is 6.28. The molecule has 18 heavy (non-hydrogen) atoms. The molecule has 96 valence electrons. The van der Waals surface area contributed by atoms with Crippen LogP contribution in [0.15, 0.2) is 18.2 Å². The molecule has 3 N–H and O–H groups in total. The van der Waals surface area contributed by atoms with E-state index in [1.54, 1.807) is 6.07 Å². The van der Waals surface area contributed by atoms with Crippen LogP contribution in [0.4, 0.5) is 10.3 Å². The largest absolute Gasteiger partial charge is 0.393 e. The van der Waals surface area contributed by atoms with E-state index in [4.69, 9.17) is 0 Å². The second-order valence-electron chi connectivity index (χ2n) is 4.96. The van der Waals surface area contributed by atoms with E-state index in [2.05, 4.69) is 15.3 Å². The van der Waals surface area contributed by atoms with Gasteiger partial charge in [-0.2, -0.15) is 0 Å². The molecule has 1 aliphatic rings. The summed E-state index contributed by atoms with van der Waals surface area (Å²) >= 11 is 0. The lowest BCUT2D eigenvalue weighted by molar-refractivity contribution is 0.178. The zero-order valence-electron chi connectivity index (χ0n) is 9.99. The summed E-state index contributed by atoms with van der Waals surface area (Å²) in [6.07, 6.45) is 2.63. The molecule has 1 aliphatic carbocycles. The molecular formula is C13H16FN3O. The number of rotatable bonds is 3. The maximum atomic E-state index is 13.0. The molecule has 0 amide bonds. The van der Waals surface area contributed by atoms with Gasteiger partial charge in [0, 0.05) is 6.54 Å². The average molecular weight is 249 g/mol. The van der Waals surface area contributed by atoms with Crippen molar-refractivity contribution >= 4 is 17.0 Å². The molecule has 0 radical (unpaired) electrons. The highest BCUT2D eigenvalue weighted by atomic mass is 19.1. The number of halogens is 1. The Hall–Kier alpha value is -1.62. The van der Waals surface area contributed by atoms with Crippen molar-refractivity contribution in [3.63, 3.8) is 0 Å². The smallest absolute Gasteiger partial charge is 0.201 e. The lowest BCUT2D eigenvalue weighted by atomic mass is 10.1. The van der Waals surface area contributed by atoms with Crippen molar-refractivity contribution < 1.29 is 9.50 Å². The van der Waals surface area contributed by atoms with Crippen molar-refractivity contribution in [2.24, 2.45) is 5.92 Å². The lowest BCUT2D eigenvalue weighted by Gasteiger charge is -2.09. The van der Waals surface area contributed by atoms with E-state index < -0.39 is 0 Å². The Balaban J connectivity index is 1.67. The van der Waals surface area contributed by atoms with Gasteiger partial charge < -0.3 is 15.4 Å². The van der Waals surface area contributed by atoms with Crippen LogP contribution in [-0.2, 0) is 0 Å². The second-order valence-corrected chi connectivity index (χ2v) is 4.96. The molecule has 4 nitrogen and oxygen atoms in total. The summed E-state index contributed by atoms with van der Waals surface area (Å²) in [5.41, 5.74) is 1.45. The summed E-state index contributed by atoms with van der Waals surface area (Å²) in [7, 11) is 0. The third-order valence-electron chi connectivity index (χ3n) is 3.52. The molecule has 1 heterocycles. The van der Waals surface area contributed by atoms with Crippen LogP contribution in [-0.4, -0.2) is 27.7 Å². The van der Waals surface area contributed by atoms with Crippen LogP contribution < -0.4 is 5.32 Å². The fourth-order valence-corrected chi connectivity index (χ4v) is 2.54. The van der Waals surface area contributed by atoms with E-state index in [-0.39, 0.29) is 11.9 Å². The first kappa shape index (κ1) is 11.5. The van der Waals surface area contributed by atoms with Gasteiger partial charge in [0.2, 0.25) is 5.95 Å². The molecule has 1 fully saturated rings. The number of hydrogen-bond donors (Lipinski definition) is 3. The van der Waals surface area contributed by atoms with E-state index >= 15 is 0 Å². The van der Waals surface area contributed by atoms with Gasteiger partial charge in [-0.25, -0.2) is 9.37 Å². The van der Waals surface area contributed by atoms with Crippen LogP contribution in [0.5, 0.6) is 0 Å². The van der Waals surface area contributed by atoms with Crippen LogP contribution in [0.3, 0.4) is 0 Å². The normalized spacial score (nSPS) is 23.7. The number of anilines is 1. The molecule has 1 saturated carbocycles. The standard InChI is InChI=1S/C13H16FN3O/c14-9-2-4-11-12(6-9)17-13(16-11)15-7-8-1-3-10(18)5-8/h2,4,6,8,10,18H,1,3,5,7H2,(H2,15,16,17). The van der Waals surface area contributed by atoms with Crippen LogP contribution >= 0.6 is 0 Å². The highest BCUT2D eigenvalue weighted by molar-refractivity contribution is 5.77. The van der Waals surface area contributed by atoms with Crippen molar-refractivity contribution in [1.29, 1.82) is 0 Å². The molecule has 2 aromatic rings. The van der Waals surface area contributed by atoms with Crippen molar-refractivity contribution in [3.8, 4) is 0 Å². The van der Waals surface area contributed by atoms with Crippen LogP contribution in [0.2, 0.25) is 0 Å². The Morgan fingerprint density at radius 1 is 1.44 bits per heavy atom. The van der Waals surface area contributed by atoms with Gasteiger partial charge in [-0.05, 0) is 43.4 Å². The third-order valence-corrected chi connectivity index (χ3v) is 3.52. The van der Waals surface area contributed by atoms with Gasteiger partial charge in [0.1, 0.15) is 5.82 Å². The number of H-pyrrole nitrogens is 1. The van der Waals surface area contributed by atoms with Gasteiger partial charge >= 0.3 is 0 Å². The van der Waals surface area contributed by atoms with E-state index in [1.165, 1.54) is 12.1 Å². The van der Waals surface area contributed by atoms with E-state index in [9.17, 15) is 9.50 Å². The van der Waals surface area contributed by atoms with Gasteiger partial charge in [-0.15, -0.1) is 0 Å². The topological polar surface area (TPSA) is 60.9 Å². The highest BCUT2D eigenvalue weighted by Gasteiger charge is 2.22. The summed E-state index contributed by atoms with van der Waals surface area (Å²) in [5, 5.41) is 12.7. The number of imidazole rings is 1. The van der Waals surface area contributed by atoms with Gasteiger partial charge in [-0.3, -0.25) is 0 Å². The zero-order chi connectivity index (χ0) is 12.5. The summed E-state index contributed by atoms with van der Waals surface area (Å²) in [4.78, 5) is 7.38. The molecule has 2 atom stereocenters. The van der Waals surface area contributed by atoms with Gasteiger partial charge in [0.25, 0.3) is 0 Å². The van der Waals surface area contributed by atoms with Crippen LogP contribution in [0, 0.1) is 11.7 Å². The summed E-state index contributed by atoms with van der Waals surface area (Å²) in [5.74, 6) is 0.888. The number of benzene rings is 1. The van der Waals surface area contributed by atoms with E-state index in [0.29, 0.717) is 17.4 Å². The number of fused-ring (bicyclic) bond motifs is 1. The van der Waals surface area contributed by atoms with Crippen molar-refractivity contribution in [1.82, 2.24) is 9.97 Å². The molecule has 1 aromatic heterocycles. The number of nitrogens with zero attached hydrogens (tertiary/aromatic N) is 1. The average Bonchev–Trinajstić information content (AvgIpc) is 2.92. The molecular weight excluding hydrogens is 233 g/mol. The summed E-state index contributed by atoms with van der Waals surface area (Å²) in [6.45, 7) is 0.791.